The third-order valence-corrected chi connectivity index (χ3v) is 2.65. The van der Waals surface area contributed by atoms with E-state index >= 15 is 0 Å². The van der Waals surface area contributed by atoms with Crippen LogP contribution in [0.4, 0.5) is 4.39 Å². The highest BCUT2D eigenvalue weighted by Gasteiger charge is 2.21. The molecule has 0 saturated carbocycles. The van der Waals surface area contributed by atoms with E-state index in [9.17, 15) is 4.39 Å². The molecule has 0 heterocycles. The van der Waals surface area contributed by atoms with Gasteiger partial charge in [0.25, 0.3) is 0 Å². The first-order valence-electron chi connectivity index (χ1n) is 4.77. The number of aliphatic hydroxyl groups excluding tert-OH is 1. The molecule has 1 rings (SSSR count). The maximum absolute atomic E-state index is 13.6. The van der Waals surface area contributed by atoms with Crippen molar-refractivity contribution < 1.29 is 19.0 Å². The van der Waals surface area contributed by atoms with E-state index in [4.69, 9.17) is 26.2 Å². The smallest absolute Gasteiger partial charge is 0.198 e. The lowest BCUT2D eigenvalue weighted by Gasteiger charge is -2.17. The van der Waals surface area contributed by atoms with Gasteiger partial charge >= 0.3 is 0 Å². The predicted molar refractivity (Wildman–Crippen MR) is 60.0 cm³/mol. The van der Waals surface area contributed by atoms with Crippen LogP contribution in [0.25, 0.3) is 0 Å². The fourth-order valence-corrected chi connectivity index (χ4v) is 1.67. The van der Waals surface area contributed by atoms with Crippen LogP contribution >= 0.6 is 11.6 Å². The standard InChI is InChI=1S/C11H14ClFO3/c1-6(5-14)7-4-8(12)9(13)11(16-3)10(7)15-2/h4,6,14H,5H2,1-3H3. The number of methoxy groups -OCH3 is 2. The van der Waals surface area contributed by atoms with Crippen molar-refractivity contribution in [3.8, 4) is 11.5 Å². The van der Waals surface area contributed by atoms with Crippen molar-refractivity contribution in [3.05, 3.63) is 22.5 Å². The first-order valence-corrected chi connectivity index (χ1v) is 5.15. The minimum Gasteiger partial charge on any atom is -0.492 e. The summed E-state index contributed by atoms with van der Waals surface area (Å²) in [5.74, 6) is -0.631. The molecule has 0 aliphatic heterocycles. The first-order chi connectivity index (χ1) is 7.56. The van der Waals surface area contributed by atoms with E-state index in [-0.39, 0.29) is 29.0 Å². The molecule has 0 radical (unpaired) electrons. The summed E-state index contributed by atoms with van der Waals surface area (Å²) in [6.07, 6.45) is 0. The Morgan fingerprint density at radius 2 is 1.94 bits per heavy atom. The summed E-state index contributed by atoms with van der Waals surface area (Å²) in [6, 6.07) is 1.44. The molecule has 0 aliphatic rings. The van der Waals surface area contributed by atoms with E-state index in [1.165, 1.54) is 20.3 Å². The molecule has 0 saturated heterocycles. The normalized spacial score (nSPS) is 12.4. The Morgan fingerprint density at radius 1 is 1.38 bits per heavy atom. The van der Waals surface area contributed by atoms with E-state index in [0.29, 0.717) is 5.56 Å². The van der Waals surface area contributed by atoms with Gasteiger partial charge in [-0.3, -0.25) is 0 Å². The van der Waals surface area contributed by atoms with Gasteiger partial charge in [-0.15, -0.1) is 0 Å². The summed E-state index contributed by atoms with van der Waals surface area (Å²) in [7, 11) is 2.75. The molecule has 3 nitrogen and oxygen atoms in total. The number of hydrogen-bond acceptors (Lipinski definition) is 3. The molecule has 5 heteroatoms. The van der Waals surface area contributed by atoms with Crippen LogP contribution in [-0.4, -0.2) is 25.9 Å². The maximum atomic E-state index is 13.6. The van der Waals surface area contributed by atoms with Gasteiger partial charge in [0, 0.05) is 18.1 Å². The van der Waals surface area contributed by atoms with E-state index < -0.39 is 5.82 Å². The minimum atomic E-state index is -0.657. The molecule has 0 fully saturated rings. The summed E-state index contributed by atoms with van der Waals surface area (Å²) < 4.78 is 23.6. The highest BCUT2D eigenvalue weighted by molar-refractivity contribution is 6.31. The van der Waals surface area contributed by atoms with Crippen LogP contribution in [0.1, 0.15) is 18.4 Å². The highest BCUT2D eigenvalue weighted by Crippen LogP contribution is 2.41. The lowest BCUT2D eigenvalue weighted by molar-refractivity contribution is 0.267. The number of aliphatic hydroxyl groups is 1. The first kappa shape index (κ1) is 13.1. The van der Waals surface area contributed by atoms with Gasteiger partial charge in [0.1, 0.15) is 0 Å². The molecule has 0 bridgehead atoms. The molecular weight excluding hydrogens is 235 g/mol. The van der Waals surface area contributed by atoms with Crippen molar-refractivity contribution in [1.82, 2.24) is 0 Å². The lowest BCUT2D eigenvalue weighted by Crippen LogP contribution is -2.05. The number of rotatable bonds is 4. The van der Waals surface area contributed by atoms with Crippen LogP contribution in [0.3, 0.4) is 0 Å². The molecule has 0 aliphatic carbocycles. The summed E-state index contributed by atoms with van der Waals surface area (Å²) in [5, 5.41) is 9.05. The average molecular weight is 249 g/mol. The Balaban J connectivity index is 3.43. The molecule has 0 aromatic heterocycles. The Hall–Kier alpha value is -1.00. The van der Waals surface area contributed by atoms with Crippen LogP contribution in [0.5, 0.6) is 11.5 Å². The zero-order valence-corrected chi connectivity index (χ0v) is 10.1. The zero-order valence-electron chi connectivity index (χ0n) is 9.38. The highest BCUT2D eigenvalue weighted by atomic mass is 35.5. The fourth-order valence-electron chi connectivity index (χ4n) is 1.46. The van der Waals surface area contributed by atoms with Crippen LogP contribution in [0, 0.1) is 5.82 Å². The fraction of sp³-hybridized carbons (Fsp3) is 0.455. The molecule has 1 atom stereocenters. The Kier molecular flexibility index (Phi) is 4.38. The van der Waals surface area contributed by atoms with E-state index in [0.717, 1.165) is 0 Å². The Bertz CT molecular complexity index is 382. The second kappa shape index (κ2) is 5.37. The summed E-state index contributed by atoms with van der Waals surface area (Å²) >= 11 is 5.74. The third kappa shape index (κ3) is 2.23. The zero-order chi connectivity index (χ0) is 12.3. The lowest BCUT2D eigenvalue weighted by atomic mass is 10.0. The van der Waals surface area contributed by atoms with Crippen LogP contribution in [0.15, 0.2) is 6.07 Å². The maximum Gasteiger partial charge on any atom is 0.198 e. The molecular formula is C11H14ClFO3. The van der Waals surface area contributed by atoms with Gasteiger partial charge in [0.15, 0.2) is 17.3 Å². The molecule has 0 amide bonds. The summed E-state index contributed by atoms with van der Waals surface area (Å²) in [5.41, 5.74) is 0.619. The predicted octanol–water partition coefficient (Wildman–Crippen LogP) is 2.59. The Morgan fingerprint density at radius 3 is 2.38 bits per heavy atom. The molecule has 1 unspecified atom stereocenters. The van der Waals surface area contributed by atoms with Gasteiger partial charge in [0.05, 0.1) is 19.2 Å². The molecule has 90 valence electrons. The summed E-state index contributed by atoms with van der Waals surface area (Å²) in [4.78, 5) is 0. The van der Waals surface area contributed by atoms with Crippen molar-refractivity contribution in [2.24, 2.45) is 0 Å². The molecule has 1 aromatic rings. The molecule has 16 heavy (non-hydrogen) atoms. The molecule has 1 aromatic carbocycles. The van der Waals surface area contributed by atoms with E-state index in [1.54, 1.807) is 6.92 Å². The van der Waals surface area contributed by atoms with Gasteiger partial charge in [-0.2, -0.15) is 0 Å². The van der Waals surface area contributed by atoms with E-state index in [1.807, 2.05) is 0 Å². The van der Waals surface area contributed by atoms with Crippen LogP contribution in [-0.2, 0) is 0 Å². The van der Waals surface area contributed by atoms with Gasteiger partial charge in [-0.25, -0.2) is 4.39 Å². The Labute approximate surface area is 98.7 Å². The number of ether oxygens (including phenoxy) is 2. The van der Waals surface area contributed by atoms with Crippen LogP contribution in [0.2, 0.25) is 5.02 Å². The third-order valence-electron chi connectivity index (χ3n) is 2.37. The van der Waals surface area contributed by atoms with Crippen molar-refractivity contribution in [2.75, 3.05) is 20.8 Å². The van der Waals surface area contributed by atoms with Crippen molar-refractivity contribution >= 4 is 11.6 Å². The quantitative estimate of drug-likeness (QED) is 0.890. The van der Waals surface area contributed by atoms with Gasteiger partial charge in [-0.05, 0) is 6.07 Å². The average Bonchev–Trinajstić information content (AvgIpc) is 2.30. The van der Waals surface area contributed by atoms with Gasteiger partial charge in [0.2, 0.25) is 0 Å². The summed E-state index contributed by atoms with van der Waals surface area (Å²) in [6.45, 7) is 1.70. The second-order valence-electron chi connectivity index (χ2n) is 3.41. The second-order valence-corrected chi connectivity index (χ2v) is 3.82. The number of hydrogen-bond donors (Lipinski definition) is 1. The van der Waals surface area contributed by atoms with Gasteiger partial charge < -0.3 is 14.6 Å². The van der Waals surface area contributed by atoms with E-state index in [2.05, 4.69) is 0 Å². The van der Waals surface area contributed by atoms with Crippen molar-refractivity contribution in [2.45, 2.75) is 12.8 Å². The topological polar surface area (TPSA) is 38.7 Å². The van der Waals surface area contributed by atoms with Crippen molar-refractivity contribution in [1.29, 1.82) is 0 Å². The van der Waals surface area contributed by atoms with Crippen molar-refractivity contribution in [3.63, 3.8) is 0 Å². The largest absolute Gasteiger partial charge is 0.492 e. The number of benzene rings is 1. The van der Waals surface area contributed by atoms with Crippen LogP contribution < -0.4 is 9.47 Å². The van der Waals surface area contributed by atoms with Gasteiger partial charge in [-0.1, -0.05) is 18.5 Å². The molecule has 0 spiro atoms. The SMILES string of the molecule is COc1c(C(C)CO)cc(Cl)c(F)c1OC. The number of halogens is 2. The molecule has 1 N–H and O–H groups in total. The monoisotopic (exact) mass is 248 g/mol. The minimum absolute atomic E-state index is 0.0368.